The molecule has 0 aliphatic heterocycles. The topological polar surface area (TPSA) is 105 Å². The van der Waals surface area contributed by atoms with Crippen LogP contribution in [-0.2, 0) is 26.2 Å². The van der Waals surface area contributed by atoms with E-state index in [0.29, 0.717) is 27.8 Å². The Hall–Kier alpha value is -3.47. The lowest BCUT2D eigenvalue weighted by Crippen LogP contribution is -2.53. The number of methoxy groups -OCH3 is 2. The van der Waals surface area contributed by atoms with E-state index in [1.807, 2.05) is 13.8 Å². The van der Waals surface area contributed by atoms with Crippen molar-refractivity contribution in [2.75, 3.05) is 25.1 Å². The van der Waals surface area contributed by atoms with Crippen LogP contribution in [0.2, 0.25) is 10.0 Å². The average Bonchev–Trinajstić information content (AvgIpc) is 3.00. The number of carbonyl (C=O) groups is 2. The third kappa shape index (κ3) is 8.34. The number of halogens is 2. The molecule has 2 unspecified atom stereocenters. The Labute approximate surface area is 263 Å². The summed E-state index contributed by atoms with van der Waals surface area (Å²) in [5, 5.41) is 3.68. The minimum atomic E-state index is -4.30. The first-order valence-electron chi connectivity index (χ1n) is 13.8. The molecule has 0 aliphatic carbocycles. The molecule has 3 aromatic carbocycles. The second-order valence-corrected chi connectivity index (χ2v) is 12.6. The normalized spacial score (nSPS) is 12.6. The molecule has 232 valence electrons. The summed E-state index contributed by atoms with van der Waals surface area (Å²) in [5.74, 6) is -0.235. The molecule has 0 aliphatic rings. The fraction of sp³-hybridized carbons (Fsp3) is 0.355. The van der Waals surface area contributed by atoms with Gasteiger partial charge in [0.1, 0.15) is 24.1 Å². The Morgan fingerprint density at radius 3 is 2.19 bits per heavy atom. The van der Waals surface area contributed by atoms with E-state index in [2.05, 4.69) is 5.32 Å². The maximum Gasteiger partial charge on any atom is 0.264 e. The molecule has 2 atom stereocenters. The van der Waals surface area contributed by atoms with Crippen LogP contribution >= 0.6 is 23.2 Å². The van der Waals surface area contributed by atoms with Crippen molar-refractivity contribution in [1.29, 1.82) is 0 Å². The third-order valence-electron chi connectivity index (χ3n) is 7.02. The summed E-state index contributed by atoms with van der Waals surface area (Å²) in [7, 11) is -1.40. The van der Waals surface area contributed by atoms with E-state index in [9.17, 15) is 18.0 Å². The van der Waals surface area contributed by atoms with Gasteiger partial charge in [-0.25, -0.2) is 8.42 Å². The molecule has 0 heterocycles. The number of benzene rings is 3. The van der Waals surface area contributed by atoms with Crippen LogP contribution in [0.4, 0.5) is 5.69 Å². The Kier molecular flexibility index (Phi) is 12.1. The molecule has 0 radical (unpaired) electrons. The molecular formula is C31H37Cl2N3O6S. The number of rotatable bonds is 14. The first-order valence-corrected chi connectivity index (χ1v) is 16.0. The first kappa shape index (κ1) is 34.0. The minimum absolute atomic E-state index is 0.0520. The summed E-state index contributed by atoms with van der Waals surface area (Å²) in [6.07, 6.45) is 0.972. The SMILES string of the molecule is CCC(C)NC(=O)C(CC)N(Cc1ccc(Cl)cc1Cl)C(=O)CN(c1ccccc1OC)S(=O)(=O)c1ccc(OC)cc1. The lowest BCUT2D eigenvalue weighted by Gasteiger charge is -2.34. The van der Waals surface area contributed by atoms with Gasteiger partial charge >= 0.3 is 0 Å². The van der Waals surface area contributed by atoms with Gasteiger partial charge in [0.05, 0.1) is 24.8 Å². The number of hydrogen-bond acceptors (Lipinski definition) is 6. The maximum atomic E-state index is 14.3. The Balaban J connectivity index is 2.12. The molecular weight excluding hydrogens is 613 g/mol. The molecule has 9 nitrogen and oxygen atoms in total. The second kappa shape index (κ2) is 15.3. The van der Waals surface area contributed by atoms with Crippen molar-refractivity contribution >= 4 is 50.7 Å². The summed E-state index contributed by atoms with van der Waals surface area (Å²) in [5.41, 5.74) is 0.715. The summed E-state index contributed by atoms with van der Waals surface area (Å²) >= 11 is 12.6. The highest BCUT2D eigenvalue weighted by atomic mass is 35.5. The molecule has 2 amide bonds. The predicted molar refractivity (Wildman–Crippen MR) is 170 cm³/mol. The Morgan fingerprint density at radius 1 is 0.930 bits per heavy atom. The molecule has 0 aromatic heterocycles. The van der Waals surface area contributed by atoms with Crippen molar-refractivity contribution in [3.05, 3.63) is 82.3 Å². The van der Waals surface area contributed by atoms with Gasteiger partial charge in [0.15, 0.2) is 0 Å². The van der Waals surface area contributed by atoms with Gasteiger partial charge in [-0.1, -0.05) is 55.2 Å². The van der Waals surface area contributed by atoms with Crippen LogP contribution in [0, 0.1) is 0 Å². The summed E-state index contributed by atoms with van der Waals surface area (Å²) in [6, 6.07) is 16.2. The zero-order valence-electron chi connectivity index (χ0n) is 24.8. The van der Waals surface area contributed by atoms with Crippen molar-refractivity contribution in [2.45, 2.75) is 57.1 Å². The van der Waals surface area contributed by atoms with E-state index in [1.165, 1.54) is 43.4 Å². The van der Waals surface area contributed by atoms with E-state index < -0.39 is 28.5 Å². The number of ether oxygens (including phenoxy) is 2. The zero-order chi connectivity index (χ0) is 31.7. The van der Waals surface area contributed by atoms with Gasteiger partial charge in [0, 0.05) is 22.6 Å². The van der Waals surface area contributed by atoms with E-state index in [0.717, 1.165) is 4.31 Å². The minimum Gasteiger partial charge on any atom is -0.497 e. The predicted octanol–water partition coefficient (Wildman–Crippen LogP) is 5.93. The first-order chi connectivity index (χ1) is 20.5. The van der Waals surface area contributed by atoms with Crippen LogP contribution in [0.1, 0.15) is 39.2 Å². The van der Waals surface area contributed by atoms with Gasteiger partial charge in [-0.15, -0.1) is 0 Å². The number of carbonyl (C=O) groups excluding carboxylic acids is 2. The quantitative estimate of drug-likeness (QED) is 0.232. The number of nitrogens with zero attached hydrogens (tertiary/aromatic N) is 2. The van der Waals surface area contributed by atoms with E-state index in [4.69, 9.17) is 32.7 Å². The van der Waals surface area contributed by atoms with Crippen LogP contribution in [-0.4, -0.2) is 58.0 Å². The third-order valence-corrected chi connectivity index (χ3v) is 9.38. The zero-order valence-corrected chi connectivity index (χ0v) is 27.2. The molecule has 0 fully saturated rings. The molecule has 3 aromatic rings. The lowest BCUT2D eigenvalue weighted by atomic mass is 10.1. The largest absolute Gasteiger partial charge is 0.497 e. The molecule has 1 N–H and O–H groups in total. The standard InChI is InChI=1S/C31H37Cl2N3O6S/c1-6-21(3)34-31(38)27(7-2)35(19-22-12-13-23(32)18-26(22)33)30(37)20-36(28-10-8-9-11-29(28)42-5)43(39,40)25-16-14-24(41-4)15-17-25/h8-18,21,27H,6-7,19-20H2,1-5H3,(H,34,38). The van der Waals surface area contributed by atoms with E-state index in [1.54, 1.807) is 49.4 Å². The fourth-order valence-corrected chi connectivity index (χ4v) is 6.31. The number of hydrogen-bond donors (Lipinski definition) is 1. The van der Waals surface area contributed by atoms with Gasteiger partial charge in [-0.2, -0.15) is 0 Å². The number of nitrogens with one attached hydrogen (secondary N) is 1. The van der Waals surface area contributed by atoms with Crippen molar-refractivity contribution in [3.8, 4) is 11.5 Å². The molecule has 0 spiro atoms. The lowest BCUT2D eigenvalue weighted by molar-refractivity contribution is -0.140. The molecule has 12 heteroatoms. The monoisotopic (exact) mass is 649 g/mol. The smallest absolute Gasteiger partial charge is 0.264 e. The summed E-state index contributed by atoms with van der Waals surface area (Å²) in [6.45, 7) is 4.93. The van der Waals surface area contributed by atoms with Gasteiger partial charge in [0.25, 0.3) is 10.0 Å². The highest BCUT2D eigenvalue weighted by Crippen LogP contribution is 2.33. The Morgan fingerprint density at radius 2 is 1.60 bits per heavy atom. The van der Waals surface area contributed by atoms with Gasteiger partial charge in [-0.3, -0.25) is 13.9 Å². The highest BCUT2D eigenvalue weighted by Gasteiger charge is 2.35. The van der Waals surface area contributed by atoms with Crippen LogP contribution in [0.5, 0.6) is 11.5 Å². The molecule has 0 saturated heterocycles. The van der Waals surface area contributed by atoms with Crippen LogP contribution < -0.4 is 19.1 Å². The van der Waals surface area contributed by atoms with E-state index >= 15 is 0 Å². The fourth-order valence-electron chi connectivity index (χ4n) is 4.42. The van der Waals surface area contributed by atoms with Gasteiger partial charge in [0.2, 0.25) is 11.8 Å². The highest BCUT2D eigenvalue weighted by molar-refractivity contribution is 7.92. The Bertz CT molecular complexity index is 1520. The van der Waals surface area contributed by atoms with Crippen LogP contribution in [0.15, 0.2) is 71.6 Å². The number of sulfonamides is 1. The van der Waals surface area contributed by atoms with Crippen LogP contribution in [0.25, 0.3) is 0 Å². The molecule has 0 bridgehead atoms. The molecule has 3 rings (SSSR count). The van der Waals surface area contributed by atoms with Crippen LogP contribution in [0.3, 0.4) is 0 Å². The second-order valence-electron chi connectivity index (χ2n) is 9.86. The summed E-state index contributed by atoms with van der Waals surface area (Å²) in [4.78, 5) is 29.0. The average molecular weight is 651 g/mol. The van der Waals surface area contributed by atoms with Gasteiger partial charge in [-0.05, 0) is 73.9 Å². The van der Waals surface area contributed by atoms with Gasteiger partial charge < -0.3 is 19.7 Å². The van der Waals surface area contributed by atoms with Crippen molar-refractivity contribution < 1.29 is 27.5 Å². The van der Waals surface area contributed by atoms with E-state index in [-0.39, 0.29) is 41.2 Å². The number of para-hydroxylation sites is 2. The van der Waals surface area contributed by atoms with Crippen molar-refractivity contribution in [2.24, 2.45) is 0 Å². The number of amides is 2. The maximum absolute atomic E-state index is 14.3. The molecule has 0 saturated carbocycles. The molecule has 43 heavy (non-hydrogen) atoms. The van der Waals surface area contributed by atoms with Crippen molar-refractivity contribution in [3.63, 3.8) is 0 Å². The summed E-state index contributed by atoms with van der Waals surface area (Å²) < 4.78 is 39.9. The van der Waals surface area contributed by atoms with Crippen molar-refractivity contribution in [1.82, 2.24) is 10.2 Å². The number of anilines is 1.